The molecule has 1 fully saturated rings. The minimum Gasteiger partial charge on any atom is -0.457 e. The summed E-state index contributed by atoms with van der Waals surface area (Å²) in [6.45, 7) is 6.75. The van der Waals surface area contributed by atoms with Gasteiger partial charge in [0, 0.05) is 44.8 Å². The van der Waals surface area contributed by atoms with Gasteiger partial charge in [-0.25, -0.2) is 0 Å². The molecule has 3 rings (SSSR count). The second kappa shape index (κ2) is 14.3. The number of hydrogen-bond donors (Lipinski definition) is 2. The van der Waals surface area contributed by atoms with E-state index in [0.29, 0.717) is 12.5 Å². The first kappa shape index (κ1) is 25.4. The Hall–Kier alpha value is -1.84. The molecular formula is C24H34IN3O3. The van der Waals surface area contributed by atoms with Crippen LogP contribution in [-0.4, -0.2) is 46.0 Å². The zero-order valence-corrected chi connectivity index (χ0v) is 20.8. The maximum absolute atomic E-state index is 6.07. The minimum absolute atomic E-state index is 0. The van der Waals surface area contributed by atoms with Crippen LogP contribution in [-0.2, 0) is 16.0 Å². The summed E-state index contributed by atoms with van der Waals surface area (Å²) < 4.78 is 17.2. The van der Waals surface area contributed by atoms with Gasteiger partial charge < -0.3 is 24.8 Å². The molecule has 1 aliphatic rings. The summed E-state index contributed by atoms with van der Waals surface area (Å²) in [5.74, 6) is 3.01. The van der Waals surface area contributed by atoms with Crippen molar-refractivity contribution < 1.29 is 14.2 Å². The molecule has 0 bridgehead atoms. The van der Waals surface area contributed by atoms with E-state index in [2.05, 4.69) is 28.6 Å². The van der Waals surface area contributed by atoms with Crippen molar-refractivity contribution in [1.29, 1.82) is 0 Å². The van der Waals surface area contributed by atoms with Crippen LogP contribution >= 0.6 is 24.0 Å². The summed E-state index contributed by atoms with van der Waals surface area (Å²) in [5, 5.41) is 6.70. The number of nitrogens with zero attached hydrogens (tertiary/aromatic N) is 1. The van der Waals surface area contributed by atoms with Gasteiger partial charge in [0.15, 0.2) is 5.96 Å². The molecule has 1 unspecified atom stereocenters. The first-order chi connectivity index (χ1) is 14.7. The highest BCUT2D eigenvalue weighted by Gasteiger charge is 2.15. The fourth-order valence-corrected chi connectivity index (χ4v) is 3.23. The molecule has 0 saturated carbocycles. The van der Waals surface area contributed by atoms with Gasteiger partial charge in [0.1, 0.15) is 11.5 Å². The molecule has 1 heterocycles. The van der Waals surface area contributed by atoms with Crippen molar-refractivity contribution in [3.63, 3.8) is 0 Å². The van der Waals surface area contributed by atoms with E-state index in [1.165, 1.54) is 5.56 Å². The molecular weight excluding hydrogens is 505 g/mol. The highest BCUT2D eigenvalue weighted by molar-refractivity contribution is 14.0. The topological polar surface area (TPSA) is 64.1 Å². The normalized spacial score (nSPS) is 15.9. The van der Waals surface area contributed by atoms with Gasteiger partial charge in [-0.3, -0.25) is 4.99 Å². The Morgan fingerprint density at radius 2 is 1.94 bits per heavy atom. The highest BCUT2D eigenvalue weighted by Crippen LogP contribution is 2.25. The quantitative estimate of drug-likeness (QED) is 0.201. The van der Waals surface area contributed by atoms with E-state index in [9.17, 15) is 0 Å². The third-order valence-electron chi connectivity index (χ3n) is 5.03. The van der Waals surface area contributed by atoms with Crippen molar-refractivity contribution in [3.05, 3.63) is 59.7 Å². The number of nitrogens with one attached hydrogen (secondary N) is 2. The van der Waals surface area contributed by atoms with Crippen LogP contribution < -0.4 is 15.4 Å². The Morgan fingerprint density at radius 3 is 2.68 bits per heavy atom. The second-order valence-electron chi connectivity index (χ2n) is 7.53. The first-order valence-corrected chi connectivity index (χ1v) is 10.7. The van der Waals surface area contributed by atoms with Crippen LogP contribution in [0.5, 0.6) is 11.5 Å². The van der Waals surface area contributed by atoms with Gasteiger partial charge in [-0.2, -0.15) is 0 Å². The Balaban J connectivity index is 0.00000341. The molecule has 0 spiro atoms. The molecule has 31 heavy (non-hydrogen) atoms. The molecule has 6 nitrogen and oxygen atoms in total. The van der Waals surface area contributed by atoms with Crippen molar-refractivity contribution in [2.75, 3.05) is 40.0 Å². The number of aliphatic imine (C=N–C) groups is 1. The summed E-state index contributed by atoms with van der Waals surface area (Å²) in [7, 11) is 1.78. The Bertz CT molecular complexity index is 793. The second-order valence-corrected chi connectivity index (χ2v) is 7.53. The maximum Gasteiger partial charge on any atom is 0.191 e. The number of halogens is 1. The lowest BCUT2D eigenvalue weighted by Crippen LogP contribution is -2.37. The summed E-state index contributed by atoms with van der Waals surface area (Å²) in [4.78, 5) is 4.30. The number of para-hydroxylation sites is 1. The fraction of sp³-hybridized carbons (Fsp3) is 0.458. The van der Waals surface area contributed by atoms with Gasteiger partial charge in [-0.1, -0.05) is 35.9 Å². The number of ether oxygens (including phenoxy) is 3. The zero-order valence-electron chi connectivity index (χ0n) is 18.4. The van der Waals surface area contributed by atoms with Gasteiger partial charge in [-0.05, 0) is 38.0 Å². The van der Waals surface area contributed by atoms with Crippen LogP contribution in [0.4, 0.5) is 0 Å². The van der Waals surface area contributed by atoms with Crippen LogP contribution in [0.3, 0.4) is 0 Å². The van der Waals surface area contributed by atoms with E-state index in [4.69, 9.17) is 14.2 Å². The average molecular weight is 539 g/mol. The number of hydrogen-bond acceptors (Lipinski definition) is 4. The Kier molecular flexibility index (Phi) is 11.7. The van der Waals surface area contributed by atoms with E-state index in [-0.39, 0.29) is 24.0 Å². The van der Waals surface area contributed by atoms with Gasteiger partial charge >= 0.3 is 0 Å². The lowest BCUT2D eigenvalue weighted by molar-refractivity contribution is 0.0888. The van der Waals surface area contributed by atoms with Crippen molar-refractivity contribution in [1.82, 2.24) is 10.6 Å². The van der Waals surface area contributed by atoms with Crippen molar-refractivity contribution in [2.45, 2.75) is 26.3 Å². The van der Waals surface area contributed by atoms with Crippen molar-refractivity contribution in [3.8, 4) is 11.5 Å². The summed E-state index contributed by atoms with van der Waals surface area (Å²) in [6.07, 6.45) is 2.05. The predicted octanol–water partition coefficient (Wildman–Crippen LogP) is 4.51. The van der Waals surface area contributed by atoms with Crippen molar-refractivity contribution in [2.24, 2.45) is 10.9 Å². The SMILES string of the molecule is CN=C(NCCCOCC1CCOC1)NCc1ccccc1Oc1ccc(C)cc1.I. The minimum atomic E-state index is 0. The van der Waals surface area contributed by atoms with E-state index >= 15 is 0 Å². The van der Waals surface area contributed by atoms with Crippen LogP contribution in [0.1, 0.15) is 24.0 Å². The van der Waals surface area contributed by atoms with Gasteiger partial charge in [0.2, 0.25) is 0 Å². The molecule has 0 aliphatic carbocycles. The Morgan fingerprint density at radius 1 is 1.13 bits per heavy atom. The fourth-order valence-electron chi connectivity index (χ4n) is 3.23. The van der Waals surface area contributed by atoms with Crippen LogP contribution in [0.25, 0.3) is 0 Å². The molecule has 1 atom stereocenters. The molecule has 2 N–H and O–H groups in total. The smallest absolute Gasteiger partial charge is 0.191 e. The lowest BCUT2D eigenvalue weighted by atomic mass is 10.1. The maximum atomic E-state index is 6.07. The van der Waals surface area contributed by atoms with Crippen LogP contribution in [0.2, 0.25) is 0 Å². The lowest BCUT2D eigenvalue weighted by Gasteiger charge is -2.15. The number of rotatable bonds is 10. The summed E-state index contributed by atoms with van der Waals surface area (Å²) in [5.41, 5.74) is 2.29. The molecule has 0 aromatic heterocycles. The highest BCUT2D eigenvalue weighted by atomic mass is 127. The molecule has 0 amide bonds. The van der Waals surface area contributed by atoms with Gasteiger partial charge in [-0.15, -0.1) is 24.0 Å². The molecule has 2 aromatic carbocycles. The van der Waals surface area contributed by atoms with E-state index in [1.807, 2.05) is 42.5 Å². The monoisotopic (exact) mass is 539 g/mol. The molecule has 7 heteroatoms. The molecule has 1 saturated heterocycles. The molecule has 170 valence electrons. The average Bonchev–Trinajstić information content (AvgIpc) is 3.29. The molecule has 2 aromatic rings. The van der Waals surface area contributed by atoms with E-state index in [0.717, 1.165) is 68.8 Å². The molecule has 1 aliphatic heterocycles. The van der Waals surface area contributed by atoms with E-state index in [1.54, 1.807) is 7.05 Å². The van der Waals surface area contributed by atoms with Crippen LogP contribution in [0.15, 0.2) is 53.5 Å². The summed E-state index contributed by atoms with van der Waals surface area (Å²) >= 11 is 0. The number of guanidine groups is 1. The third kappa shape index (κ3) is 9.04. The summed E-state index contributed by atoms with van der Waals surface area (Å²) in [6, 6.07) is 16.1. The van der Waals surface area contributed by atoms with Crippen LogP contribution in [0, 0.1) is 12.8 Å². The number of aryl methyl sites for hydroxylation is 1. The van der Waals surface area contributed by atoms with Gasteiger partial charge in [0.25, 0.3) is 0 Å². The van der Waals surface area contributed by atoms with Gasteiger partial charge in [0.05, 0.1) is 13.2 Å². The largest absolute Gasteiger partial charge is 0.457 e. The van der Waals surface area contributed by atoms with Crippen molar-refractivity contribution >= 4 is 29.9 Å². The number of benzene rings is 2. The Labute approximate surface area is 202 Å². The molecule has 0 radical (unpaired) electrons. The van der Waals surface area contributed by atoms with E-state index < -0.39 is 0 Å². The third-order valence-corrected chi connectivity index (χ3v) is 5.03. The zero-order chi connectivity index (χ0) is 21.0. The first-order valence-electron chi connectivity index (χ1n) is 10.7. The predicted molar refractivity (Wildman–Crippen MR) is 136 cm³/mol. The standard InChI is InChI=1S/C24H33N3O3.HI/c1-19-8-10-22(11-9-19)30-23-7-4-3-6-21(23)16-27-24(25-2)26-13-5-14-28-17-20-12-15-29-18-20;/h3-4,6-11,20H,5,12-18H2,1-2H3,(H2,25,26,27);1H.